The molecule has 0 spiro atoms. The zero-order valence-corrected chi connectivity index (χ0v) is 10.0. The standard InChI is InChI=1S/C13H19N3O/c14-10-12-2-1-9-16(12)13(17)4-3-11-5-7-15-8-6-11/h5-8,12H,1-4,9-10,14H2. The lowest BCUT2D eigenvalue weighted by Gasteiger charge is -2.23. The summed E-state index contributed by atoms with van der Waals surface area (Å²) in [7, 11) is 0. The Hall–Kier alpha value is -1.42. The molecule has 1 atom stereocenters. The Balaban J connectivity index is 1.85. The molecule has 2 heterocycles. The number of nitrogens with two attached hydrogens (primary N) is 1. The average Bonchev–Trinajstić information content (AvgIpc) is 2.85. The average molecular weight is 233 g/mol. The number of hydrogen-bond donors (Lipinski definition) is 1. The molecule has 0 aromatic carbocycles. The minimum Gasteiger partial charge on any atom is -0.338 e. The Morgan fingerprint density at radius 1 is 1.47 bits per heavy atom. The molecule has 1 aliphatic heterocycles. The zero-order valence-electron chi connectivity index (χ0n) is 10.0. The lowest BCUT2D eigenvalue weighted by molar-refractivity contribution is -0.131. The van der Waals surface area contributed by atoms with E-state index in [9.17, 15) is 4.79 Å². The van der Waals surface area contributed by atoms with Crippen molar-refractivity contribution < 1.29 is 4.79 Å². The Bertz CT molecular complexity index is 366. The van der Waals surface area contributed by atoms with Gasteiger partial charge in [0.25, 0.3) is 0 Å². The summed E-state index contributed by atoms with van der Waals surface area (Å²) in [5, 5.41) is 0. The molecular formula is C13H19N3O. The van der Waals surface area contributed by atoms with Crippen molar-refractivity contribution >= 4 is 5.91 Å². The minimum absolute atomic E-state index is 0.231. The van der Waals surface area contributed by atoms with Crippen LogP contribution in [0.25, 0.3) is 0 Å². The van der Waals surface area contributed by atoms with E-state index in [0.717, 1.165) is 31.4 Å². The van der Waals surface area contributed by atoms with Gasteiger partial charge in [0, 0.05) is 37.9 Å². The van der Waals surface area contributed by atoms with Crippen molar-refractivity contribution in [2.45, 2.75) is 31.7 Å². The normalized spacial score (nSPS) is 19.6. The molecule has 0 saturated carbocycles. The SMILES string of the molecule is NCC1CCCN1C(=O)CCc1ccncc1. The smallest absolute Gasteiger partial charge is 0.223 e. The van der Waals surface area contributed by atoms with Crippen molar-refractivity contribution in [2.24, 2.45) is 5.73 Å². The maximum Gasteiger partial charge on any atom is 0.223 e. The fraction of sp³-hybridized carbons (Fsp3) is 0.538. The van der Waals surface area contributed by atoms with Crippen LogP contribution in [0.3, 0.4) is 0 Å². The summed E-state index contributed by atoms with van der Waals surface area (Å²) in [6.07, 6.45) is 7.02. The van der Waals surface area contributed by atoms with E-state index >= 15 is 0 Å². The van der Waals surface area contributed by atoms with Gasteiger partial charge in [-0.2, -0.15) is 0 Å². The third-order valence-corrected chi connectivity index (χ3v) is 3.35. The number of aromatic nitrogens is 1. The first-order chi connectivity index (χ1) is 8.31. The predicted octanol–water partition coefficient (Wildman–Crippen LogP) is 0.964. The van der Waals surface area contributed by atoms with Crippen LogP contribution in [-0.2, 0) is 11.2 Å². The van der Waals surface area contributed by atoms with E-state index in [1.54, 1.807) is 12.4 Å². The van der Waals surface area contributed by atoms with Crippen molar-refractivity contribution in [3.8, 4) is 0 Å². The molecule has 1 aromatic rings. The molecule has 2 rings (SSSR count). The predicted molar refractivity (Wildman–Crippen MR) is 66.3 cm³/mol. The number of rotatable bonds is 4. The van der Waals surface area contributed by atoms with Gasteiger partial charge < -0.3 is 10.6 Å². The molecule has 4 nitrogen and oxygen atoms in total. The van der Waals surface area contributed by atoms with Crippen molar-refractivity contribution in [2.75, 3.05) is 13.1 Å². The molecule has 1 unspecified atom stereocenters. The number of carbonyl (C=O) groups is 1. The topological polar surface area (TPSA) is 59.2 Å². The first-order valence-corrected chi connectivity index (χ1v) is 6.19. The van der Waals surface area contributed by atoms with Crippen LogP contribution in [0.1, 0.15) is 24.8 Å². The molecule has 4 heteroatoms. The summed E-state index contributed by atoms with van der Waals surface area (Å²) in [6, 6.07) is 4.18. The third-order valence-electron chi connectivity index (χ3n) is 3.35. The van der Waals surface area contributed by atoms with Crippen LogP contribution in [-0.4, -0.2) is 34.9 Å². The first-order valence-electron chi connectivity index (χ1n) is 6.19. The van der Waals surface area contributed by atoms with Crippen LogP contribution < -0.4 is 5.73 Å². The fourth-order valence-corrected chi connectivity index (χ4v) is 2.35. The molecular weight excluding hydrogens is 214 g/mol. The molecule has 0 bridgehead atoms. The van der Waals surface area contributed by atoms with Gasteiger partial charge in [0.1, 0.15) is 0 Å². The molecule has 0 aliphatic carbocycles. The van der Waals surface area contributed by atoms with Gasteiger partial charge in [0.05, 0.1) is 0 Å². The fourth-order valence-electron chi connectivity index (χ4n) is 2.35. The number of amides is 1. The van der Waals surface area contributed by atoms with Gasteiger partial charge in [-0.25, -0.2) is 0 Å². The number of likely N-dealkylation sites (tertiary alicyclic amines) is 1. The van der Waals surface area contributed by atoms with E-state index in [1.165, 1.54) is 0 Å². The van der Waals surface area contributed by atoms with Crippen molar-refractivity contribution in [3.05, 3.63) is 30.1 Å². The van der Waals surface area contributed by atoms with Crippen LogP contribution in [0.5, 0.6) is 0 Å². The van der Waals surface area contributed by atoms with Gasteiger partial charge in [0.2, 0.25) is 5.91 Å². The molecule has 0 radical (unpaired) electrons. The number of aryl methyl sites for hydroxylation is 1. The van der Waals surface area contributed by atoms with Gasteiger partial charge in [0.15, 0.2) is 0 Å². The van der Waals surface area contributed by atoms with Crippen LogP contribution in [0.4, 0.5) is 0 Å². The molecule has 2 N–H and O–H groups in total. The highest BCUT2D eigenvalue weighted by molar-refractivity contribution is 5.77. The van der Waals surface area contributed by atoms with Crippen LogP contribution in [0.15, 0.2) is 24.5 Å². The summed E-state index contributed by atoms with van der Waals surface area (Å²) in [5.41, 5.74) is 6.83. The largest absolute Gasteiger partial charge is 0.338 e. The van der Waals surface area contributed by atoms with Crippen molar-refractivity contribution in [1.82, 2.24) is 9.88 Å². The summed E-state index contributed by atoms with van der Waals surface area (Å²) >= 11 is 0. The van der Waals surface area contributed by atoms with Crippen LogP contribution in [0.2, 0.25) is 0 Å². The van der Waals surface area contributed by atoms with Crippen LogP contribution in [0, 0.1) is 0 Å². The lowest BCUT2D eigenvalue weighted by atomic mass is 10.1. The van der Waals surface area contributed by atoms with Gasteiger partial charge in [-0.15, -0.1) is 0 Å². The van der Waals surface area contributed by atoms with E-state index in [2.05, 4.69) is 4.98 Å². The van der Waals surface area contributed by atoms with Gasteiger partial charge in [-0.05, 0) is 37.0 Å². The maximum atomic E-state index is 12.0. The Morgan fingerprint density at radius 3 is 2.94 bits per heavy atom. The Labute approximate surface area is 102 Å². The first kappa shape index (κ1) is 12.0. The number of hydrogen-bond acceptors (Lipinski definition) is 3. The Morgan fingerprint density at radius 2 is 2.24 bits per heavy atom. The van der Waals surface area contributed by atoms with Gasteiger partial charge in [-0.1, -0.05) is 0 Å². The van der Waals surface area contributed by atoms with Gasteiger partial charge in [-0.3, -0.25) is 9.78 Å². The summed E-state index contributed by atoms with van der Waals surface area (Å²) in [6.45, 7) is 1.46. The highest BCUT2D eigenvalue weighted by Crippen LogP contribution is 2.17. The second-order valence-corrected chi connectivity index (χ2v) is 4.47. The van der Waals surface area contributed by atoms with Crippen molar-refractivity contribution in [1.29, 1.82) is 0 Å². The molecule has 1 saturated heterocycles. The van der Waals surface area contributed by atoms with Gasteiger partial charge >= 0.3 is 0 Å². The highest BCUT2D eigenvalue weighted by atomic mass is 16.2. The second kappa shape index (κ2) is 5.77. The molecule has 1 aliphatic rings. The monoisotopic (exact) mass is 233 g/mol. The van der Waals surface area contributed by atoms with E-state index in [0.29, 0.717) is 13.0 Å². The second-order valence-electron chi connectivity index (χ2n) is 4.47. The summed E-state index contributed by atoms with van der Waals surface area (Å²) in [4.78, 5) is 18.0. The number of pyridine rings is 1. The van der Waals surface area contributed by atoms with Crippen molar-refractivity contribution in [3.63, 3.8) is 0 Å². The number of nitrogens with zero attached hydrogens (tertiary/aromatic N) is 2. The molecule has 1 amide bonds. The summed E-state index contributed by atoms with van der Waals surface area (Å²) in [5.74, 6) is 0.231. The Kier molecular flexibility index (Phi) is 4.09. The maximum absolute atomic E-state index is 12.0. The molecule has 17 heavy (non-hydrogen) atoms. The third kappa shape index (κ3) is 3.03. The lowest BCUT2D eigenvalue weighted by Crippen LogP contribution is -2.39. The number of carbonyl (C=O) groups excluding carboxylic acids is 1. The molecule has 1 fully saturated rings. The van der Waals surface area contributed by atoms with E-state index in [-0.39, 0.29) is 11.9 Å². The quantitative estimate of drug-likeness (QED) is 0.842. The molecule has 1 aromatic heterocycles. The molecule has 92 valence electrons. The minimum atomic E-state index is 0.231. The zero-order chi connectivity index (χ0) is 12.1. The van der Waals surface area contributed by atoms with Crippen LogP contribution >= 0.6 is 0 Å². The van der Waals surface area contributed by atoms with E-state index in [4.69, 9.17) is 5.73 Å². The highest BCUT2D eigenvalue weighted by Gasteiger charge is 2.26. The van der Waals surface area contributed by atoms with E-state index < -0.39 is 0 Å². The summed E-state index contributed by atoms with van der Waals surface area (Å²) < 4.78 is 0. The van der Waals surface area contributed by atoms with E-state index in [1.807, 2.05) is 17.0 Å².